The van der Waals surface area contributed by atoms with E-state index in [1.165, 1.54) is 30.5 Å². The van der Waals surface area contributed by atoms with Crippen LogP contribution in [0.5, 0.6) is 0 Å². The molecular formula is C31H30N8. The summed E-state index contributed by atoms with van der Waals surface area (Å²) in [4.78, 5) is 20.1. The van der Waals surface area contributed by atoms with E-state index in [0.717, 1.165) is 76.5 Å². The zero-order valence-corrected chi connectivity index (χ0v) is 21.7. The van der Waals surface area contributed by atoms with Gasteiger partial charge >= 0.3 is 0 Å². The summed E-state index contributed by atoms with van der Waals surface area (Å²) >= 11 is 0. The van der Waals surface area contributed by atoms with Crippen molar-refractivity contribution >= 4 is 27.8 Å². The molecule has 0 atom stereocenters. The van der Waals surface area contributed by atoms with Crippen LogP contribution in [0.1, 0.15) is 30.4 Å². The van der Waals surface area contributed by atoms with Crippen LogP contribution >= 0.6 is 0 Å². The Morgan fingerprint density at radius 3 is 2.64 bits per heavy atom. The minimum absolute atomic E-state index is 0.732. The molecule has 1 saturated heterocycles. The Labute approximate surface area is 226 Å². The van der Waals surface area contributed by atoms with Gasteiger partial charge in [-0.2, -0.15) is 5.10 Å². The number of H-pyrrole nitrogens is 2. The van der Waals surface area contributed by atoms with Crippen LogP contribution in [-0.2, 0) is 13.1 Å². The minimum atomic E-state index is 0.732. The zero-order chi connectivity index (χ0) is 26.0. The highest BCUT2D eigenvalue weighted by molar-refractivity contribution is 5.97. The topological polar surface area (TPSA) is 98.4 Å². The molecule has 1 aliphatic rings. The molecule has 1 aromatic carbocycles. The van der Waals surface area contributed by atoms with Crippen molar-refractivity contribution in [2.45, 2.75) is 32.4 Å². The van der Waals surface area contributed by atoms with E-state index in [4.69, 9.17) is 4.98 Å². The summed E-state index contributed by atoms with van der Waals surface area (Å²) in [5, 5.41) is 12.4. The van der Waals surface area contributed by atoms with Crippen LogP contribution in [0.2, 0.25) is 0 Å². The first-order valence-electron chi connectivity index (χ1n) is 13.6. The Hall–Kier alpha value is -4.56. The maximum atomic E-state index is 5.03. The number of aromatic nitrogens is 6. The number of aromatic amines is 2. The lowest BCUT2D eigenvalue weighted by Crippen LogP contribution is -2.29. The number of fused-ring (bicyclic) bond motifs is 2. The summed E-state index contributed by atoms with van der Waals surface area (Å²) in [7, 11) is 0. The lowest BCUT2D eigenvalue weighted by atomic mass is 10.1. The molecule has 0 radical (unpaired) electrons. The van der Waals surface area contributed by atoms with E-state index in [2.05, 4.69) is 77.8 Å². The van der Waals surface area contributed by atoms with Gasteiger partial charge in [0, 0.05) is 61.4 Å². The number of nitrogens with zero attached hydrogens (tertiary/aromatic N) is 5. The Morgan fingerprint density at radius 1 is 0.872 bits per heavy atom. The molecule has 1 aliphatic heterocycles. The second kappa shape index (κ2) is 10.3. The van der Waals surface area contributed by atoms with E-state index in [0.29, 0.717) is 0 Å². The van der Waals surface area contributed by atoms with Crippen molar-refractivity contribution in [3.05, 3.63) is 90.4 Å². The first kappa shape index (κ1) is 23.5. The number of nitrogens with one attached hydrogen (secondary N) is 3. The molecule has 7 rings (SSSR count). The Kier molecular flexibility index (Phi) is 6.22. The van der Waals surface area contributed by atoms with Crippen molar-refractivity contribution in [3.63, 3.8) is 0 Å². The summed E-state index contributed by atoms with van der Waals surface area (Å²) in [5.41, 5.74) is 9.76. The highest BCUT2D eigenvalue weighted by Gasteiger charge is 2.18. The van der Waals surface area contributed by atoms with E-state index >= 15 is 0 Å². The monoisotopic (exact) mass is 514 g/mol. The zero-order valence-electron chi connectivity index (χ0n) is 21.7. The third-order valence-electron chi connectivity index (χ3n) is 7.46. The molecule has 39 heavy (non-hydrogen) atoms. The first-order chi connectivity index (χ1) is 19.3. The maximum absolute atomic E-state index is 5.03. The number of anilines is 1. The van der Waals surface area contributed by atoms with E-state index in [-0.39, 0.29) is 0 Å². The second-order valence-corrected chi connectivity index (χ2v) is 10.2. The molecule has 0 amide bonds. The molecule has 1 fully saturated rings. The second-order valence-electron chi connectivity index (χ2n) is 10.2. The van der Waals surface area contributed by atoms with Crippen LogP contribution in [0.25, 0.3) is 44.7 Å². The summed E-state index contributed by atoms with van der Waals surface area (Å²) in [6.07, 6.45) is 9.43. The van der Waals surface area contributed by atoms with Crippen LogP contribution in [0.15, 0.2) is 79.3 Å². The smallest absolute Gasteiger partial charge is 0.139 e. The molecule has 0 saturated carbocycles. The third kappa shape index (κ3) is 4.75. The van der Waals surface area contributed by atoms with E-state index < -0.39 is 0 Å². The fraction of sp³-hybridized carbons (Fsp3) is 0.226. The Morgan fingerprint density at radius 2 is 1.74 bits per heavy atom. The average molecular weight is 515 g/mol. The van der Waals surface area contributed by atoms with Gasteiger partial charge in [-0.15, -0.1) is 0 Å². The third-order valence-corrected chi connectivity index (χ3v) is 7.46. The fourth-order valence-corrected chi connectivity index (χ4v) is 5.47. The van der Waals surface area contributed by atoms with Gasteiger partial charge in [0.05, 0.1) is 16.9 Å². The van der Waals surface area contributed by atoms with Gasteiger partial charge in [-0.25, -0.2) is 9.97 Å². The first-order valence-corrected chi connectivity index (χ1v) is 13.6. The van der Waals surface area contributed by atoms with Gasteiger partial charge in [0.1, 0.15) is 16.9 Å². The van der Waals surface area contributed by atoms with Crippen LogP contribution in [0.3, 0.4) is 0 Å². The van der Waals surface area contributed by atoms with Crippen molar-refractivity contribution in [2.24, 2.45) is 0 Å². The standard InChI is InChI=1S/C31H30N8/c1-3-7-21(8-4-1)17-32-18-22-15-23(20-33-19-22)25-9-10-26-29(35-25)30(38-37-26)27-16-24-28(11-12-34-31(24)36-27)39-13-5-2-6-14-39/h1,3-4,7-12,15-16,19-20,32H,2,5-6,13-14,17-18H2,(H,34,36)(H,37,38). The lowest BCUT2D eigenvalue weighted by Gasteiger charge is -2.29. The average Bonchev–Trinajstić information content (AvgIpc) is 3.62. The molecule has 3 N–H and O–H groups in total. The van der Waals surface area contributed by atoms with Crippen LogP contribution in [0, 0.1) is 0 Å². The summed E-state index contributed by atoms with van der Waals surface area (Å²) in [5.74, 6) is 0. The number of pyridine rings is 3. The molecule has 8 nitrogen and oxygen atoms in total. The van der Waals surface area contributed by atoms with Gasteiger partial charge < -0.3 is 15.2 Å². The molecule has 6 aromatic rings. The maximum Gasteiger partial charge on any atom is 0.139 e. The van der Waals surface area contributed by atoms with E-state index in [1.54, 1.807) is 0 Å². The summed E-state index contributed by atoms with van der Waals surface area (Å²) < 4.78 is 0. The number of piperidine rings is 1. The Balaban J connectivity index is 1.18. The number of benzene rings is 1. The normalized spacial score (nSPS) is 13.9. The molecule has 0 spiro atoms. The number of rotatable bonds is 7. The Bertz CT molecular complexity index is 1730. The number of hydrogen-bond donors (Lipinski definition) is 3. The van der Waals surface area contributed by atoms with Gasteiger partial charge in [0.25, 0.3) is 0 Å². The van der Waals surface area contributed by atoms with Crippen molar-refractivity contribution in [1.82, 2.24) is 35.5 Å². The van der Waals surface area contributed by atoms with Crippen LogP contribution in [-0.4, -0.2) is 43.2 Å². The summed E-state index contributed by atoms with van der Waals surface area (Å²) in [6.45, 7) is 3.72. The van der Waals surface area contributed by atoms with Crippen molar-refractivity contribution in [3.8, 4) is 22.6 Å². The van der Waals surface area contributed by atoms with Crippen LogP contribution in [0.4, 0.5) is 5.69 Å². The molecule has 194 valence electrons. The van der Waals surface area contributed by atoms with Crippen LogP contribution < -0.4 is 10.2 Å². The SMILES string of the molecule is c1ccc(CNCc2cncc(-c3ccc4[nH]nc(-c5cc6c(N7CCCCC7)ccnc6[nH]5)c4n3)c2)cc1. The lowest BCUT2D eigenvalue weighted by molar-refractivity contribution is 0.579. The summed E-state index contributed by atoms with van der Waals surface area (Å²) in [6, 6.07) is 20.9. The quantitative estimate of drug-likeness (QED) is 0.247. The molecule has 0 bridgehead atoms. The predicted octanol–water partition coefficient (Wildman–Crippen LogP) is 5.84. The van der Waals surface area contributed by atoms with Crippen molar-refractivity contribution < 1.29 is 0 Å². The molecular weight excluding hydrogens is 484 g/mol. The molecule has 0 unspecified atom stereocenters. The van der Waals surface area contributed by atoms with Gasteiger partial charge in [-0.05, 0) is 60.7 Å². The van der Waals surface area contributed by atoms with Crippen molar-refractivity contribution in [1.29, 1.82) is 0 Å². The molecule has 0 aliphatic carbocycles. The minimum Gasteiger partial charge on any atom is -0.371 e. The highest BCUT2D eigenvalue weighted by Crippen LogP contribution is 2.33. The van der Waals surface area contributed by atoms with Crippen molar-refractivity contribution in [2.75, 3.05) is 18.0 Å². The highest BCUT2D eigenvalue weighted by atomic mass is 15.1. The molecule has 6 heterocycles. The fourth-order valence-electron chi connectivity index (χ4n) is 5.47. The van der Waals surface area contributed by atoms with Gasteiger partial charge in [0.2, 0.25) is 0 Å². The number of hydrogen-bond acceptors (Lipinski definition) is 6. The predicted molar refractivity (Wildman–Crippen MR) is 155 cm³/mol. The van der Waals surface area contributed by atoms with Gasteiger partial charge in [-0.1, -0.05) is 30.3 Å². The van der Waals surface area contributed by atoms with E-state index in [1.807, 2.05) is 36.8 Å². The largest absolute Gasteiger partial charge is 0.371 e. The van der Waals surface area contributed by atoms with E-state index in [9.17, 15) is 0 Å². The molecule has 8 heteroatoms. The van der Waals surface area contributed by atoms with Gasteiger partial charge in [-0.3, -0.25) is 10.1 Å². The van der Waals surface area contributed by atoms with Gasteiger partial charge in [0.15, 0.2) is 0 Å². The molecule has 5 aromatic heterocycles.